The van der Waals surface area contributed by atoms with E-state index in [1.165, 1.54) is 16.4 Å². The van der Waals surface area contributed by atoms with Crippen molar-refractivity contribution in [3.8, 4) is 11.4 Å². The first-order valence-electron chi connectivity index (χ1n) is 10.5. The molecule has 1 fully saturated rings. The van der Waals surface area contributed by atoms with Crippen molar-refractivity contribution in [1.82, 2.24) is 14.3 Å². The normalized spacial score (nSPS) is 15.2. The Bertz CT molecular complexity index is 1410. The number of aromatic nitrogens is 2. The van der Waals surface area contributed by atoms with Gasteiger partial charge in [-0.1, -0.05) is 23.7 Å². The second-order valence-electron chi connectivity index (χ2n) is 7.74. The first-order valence-corrected chi connectivity index (χ1v) is 12.3. The number of para-hydroxylation sites is 1. The zero-order chi connectivity index (χ0) is 23.0. The molecule has 0 atom stereocenters. The van der Waals surface area contributed by atoms with Crippen LogP contribution in [0.3, 0.4) is 0 Å². The highest BCUT2D eigenvalue weighted by Gasteiger charge is 2.29. The van der Waals surface area contributed by atoms with Crippen LogP contribution in [0.1, 0.15) is 0 Å². The van der Waals surface area contributed by atoms with E-state index in [2.05, 4.69) is 4.90 Å². The Labute approximate surface area is 196 Å². The molecule has 2 heterocycles. The lowest BCUT2D eigenvalue weighted by Gasteiger charge is -2.35. The highest BCUT2D eigenvalue weighted by Crippen LogP contribution is 2.29. The summed E-state index contributed by atoms with van der Waals surface area (Å²) in [6.45, 7) is 1.55. The van der Waals surface area contributed by atoms with Gasteiger partial charge in [0.25, 0.3) is 0 Å². The molecule has 0 aliphatic carbocycles. The molecule has 0 unspecified atom stereocenters. The fourth-order valence-electron chi connectivity index (χ4n) is 3.92. The van der Waals surface area contributed by atoms with Crippen LogP contribution in [-0.4, -0.2) is 48.9 Å². The summed E-state index contributed by atoms with van der Waals surface area (Å²) >= 11 is 6.03. The van der Waals surface area contributed by atoms with Crippen LogP contribution in [0.5, 0.6) is 0 Å². The van der Waals surface area contributed by atoms with Crippen molar-refractivity contribution in [2.24, 2.45) is 0 Å². The number of anilines is 1. The maximum atomic E-state index is 13.2. The van der Waals surface area contributed by atoms with Gasteiger partial charge >= 0.3 is 0 Å². The number of benzene rings is 3. The van der Waals surface area contributed by atoms with Crippen molar-refractivity contribution >= 4 is 38.3 Å². The van der Waals surface area contributed by atoms with Gasteiger partial charge in [-0.2, -0.15) is 4.31 Å². The zero-order valence-electron chi connectivity index (χ0n) is 17.5. The highest BCUT2D eigenvalue weighted by atomic mass is 35.5. The zero-order valence-corrected chi connectivity index (χ0v) is 19.1. The van der Waals surface area contributed by atoms with Crippen LogP contribution in [0, 0.1) is 5.82 Å². The summed E-state index contributed by atoms with van der Waals surface area (Å²) < 4.78 is 40.6. The number of piperazine rings is 1. The standard InChI is InChI=1S/C24H20ClFN4O2S/c25-18-7-5-17(6-8-18)23-27-22-4-2-1-3-21(22)24(28-23)29-13-15-30(16-14-29)33(31,32)20-11-9-19(26)10-12-20/h1-12H,13-16H2. The van der Waals surface area contributed by atoms with E-state index in [-0.39, 0.29) is 4.90 Å². The van der Waals surface area contributed by atoms with Crippen LogP contribution in [0.15, 0.2) is 77.7 Å². The molecule has 1 saturated heterocycles. The van der Waals surface area contributed by atoms with Crippen LogP contribution in [0.4, 0.5) is 10.2 Å². The maximum absolute atomic E-state index is 13.2. The summed E-state index contributed by atoms with van der Waals surface area (Å²) in [7, 11) is -3.69. The number of fused-ring (bicyclic) bond motifs is 1. The molecular weight excluding hydrogens is 463 g/mol. The quantitative estimate of drug-likeness (QED) is 0.425. The summed E-state index contributed by atoms with van der Waals surface area (Å²) in [5.41, 5.74) is 1.66. The van der Waals surface area contributed by atoms with Crippen molar-refractivity contribution < 1.29 is 12.8 Å². The molecule has 33 heavy (non-hydrogen) atoms. The molecule has 1 aromatic heterocycles. The summed E-state index contributed by atoms with van der Waals surface area (Å²) in [5.74, 6) is 0.886. The number of hydrogen-bond donors (Lipinski definition) is 0. The van der Waals surface area contributed by atoms with E-state index in [9.17, 15) is 12.8 Å². The molecule has 0 spiro atoms. The number of halogens is 2. The van der Waals surface area contributed by atoms with Crippen molar-refractivity contribution in [2.75, 3.05) is 31.1 Å². The average Bonchev–Trinajstić information content (AvgIpc) is 2.84. The first-order chi connectivity index (χ1) is 15.9. The molecule has 1 aliphatic rings. The van der Waals surface area contributed by atoms with Gasteiger partial charge in [0.05, 0.1) is 10.4 Å². The Morgan fingerprint density at radius 2 is 1.48 bits per heavy atom. The van der Waals surface area contributed by atoms with Gasteiger partial charge in [-0.05, 0) is 60.7 Å². The molecule has 6 nitrogen and oxygen atoms in total. The van der Waals surface area contributed by atoms with E-state index < -0.39 is 15.8 Å². The highest BCUT2D eigenvalue weighted by molar-refractivity contribution is 7.89. The minimum Gasteiger partial charge on any atom is -0.353 e. The van der Waals surface area contributed by atoms with Gasteiger partial charge in [0, 0.05) is 42.2 Å². The van der Waals surface area contributed by atoms with Gasteiger partial charge in [-0.15, -0.1) is 0 Å². The molecule has 168 valence electrons. The molecule has 9 heteroatoms. The predicted octanol–water partition coefficient (Wildman–Crippen LogP) is 4.60. The number of nitrogens with zero attached hydrogens (tertiary/aromatic N) is 4. The fourth-order valence-corrected chi connectivity index (χ4v) is 5.47. The number of hydrogen-bond acceptors (Lipinski definition) is 5. The smallest absolute Gasteiger partial charge is 0.243 e. The van der Waals surface area contributed by atoms with Crippen molar-refractivity contribution in [2.45, 2.75) is 4.90 Å². The lowest BCUT2D eigenvalue weighted by Crippen LogP contribution is -2.49. The van der Waals surface area contributed by atoms with E-state index in [0.717, 1.165) is 34.4 Å². The molecule has 0 radical (unpaired) electrons. The van der Waals surface area contributed by atoms with Crippen LogP contribution < -0.4 is 4.90 Å². The fraction of sp³-hybridized carbons (Fsp3) is 0.167. The maximum Gasteiger partial charge on any atom is 0.243 e. The third-order valence-electron chi connectivity index (χ3n) is 5.68. The van der Waals surface area contributed by atoms with Crippen LogP contribution in [-0.2, 0) is 10.0 Å². The Balaban J connectivity index is 1.44. The van der Waals surface area contributed by atoms with E-state index in [1.54, 1.807) is 12.1 Å². The Morgan fingerprint density at radius 3 is 2.18 bits per heavy atom. The SMILES string of the molecule is O=S(=O)(c1ccc(F)cc1)N1CCN(c2nc(-c3ccc(Cl)cc3)nc3ccccc23)CC1. The molecule has 0 amide bonds. The molecule has 1 aliphatic heterocycles. The van der Waals surface area contributed by atoms with Gasteiger partial charge in [0.2, 0.25) is 10.0 Å². The molecule has 4 aromatic rings. The summed E-state index contributed by atoms with van der Waals surface area (Å²) in [4.78, 5) is 11.7. The van der Waals surface area contributed by atoms with Gasteiger partial charge in [-0.3, -0.25) is 0 Å². The lowest BCUT2D eigenvalue weighted by atomic mass is 10.1. The third kappa shape index (κ3) is 4.29. The van der Waals surface area contributed by atoms with Gasteiger partial charge < -0.3 is 4.90 Å². The Morgan fingerprint density at radius 1 is 0.818 bits per heavy atom. The third-order valence-corrected chi connectivity index (χ3v) is 7.84. The molecular formula is C24H20ClFN4O2S. The van der Waals surface area contributed by atoms with E-state index in [1.807, 2.05) is 36.4 Å². The molecule has 5 rings (SSSR count). The van der Waals surface area contributed by atoms with Crippen molar-refractivity contribution in [3.05, 3.63) is 83.6 Å². The Kier molecular flexibility index (Phi) is 5.74. The van der Waals surface area contributed by atoms with Crippen LogP contribution in [0.2, 0.25) is 5.02 Å². The summed E-state index contributed by atoms with van der Waals surface area (Å²) in [5, 5.41) is 1.54. The van der Waals surface area contributed by atoms with Crippen LogP contribution >= 0.6 is 11.6 Å². The van der Waals surface area contributed by atoms with Crippen molar-refractivity contribution in [3.63, 3.8) is 0 Å². The summed E-state index contributed by atoms with van der Waals surface area (Å²) in [6, 6.07) is 20.1. The molecule has 0 N–H and O–H groups in total. The van der Waals surface area contributed by atoms with Gasteiger partial charge in [0.1, 0.15) is 11.6 Å². The number of rotatable bonds is 4. The second-order valence-corrected chi connectivity index (χ2v) is 10.1. The van der Waals surface area contributed by atoms with E-state index in [0.29, 0.717) is 37.0 Å². The second kappa shape index (κ2) is 8.70. The molecule has 0 bridgehead atoms. The minimum absolute atomic E-state index is 0.0925. The first kappa shape index (κ1) is 21.8. The molecule has 3 aromatic carbocycles. The Hall–Kier alpha value is -3.07. The van der Waals surface area contributed by atoms with Crippen LogP contribution in [0.25, 0.3) is 22.3 Å². The largest absolute Gasteiger partial charge is 0.353 e. The topological polar surface area (TPSA) is 66.4 Å². The predicted molar refractivity (Wildman–Crippen MR) is 127 cm³/mol. The number of sulfonamides is 1. The lowest BCUT2D eigenvalue weighted by molar-refractivity contribution is 0.384. The van der Waals surface area contributed by atoms with E-state index >= 15 is 0 Å². The van der Waals surface area contributed by atoms with Crippen molar-refractivity contribution in [1.29, 1.82) is 0 Å². The monoisotopic (exact) mass is 482 g/mol. The minimum atomic E-state index is -3.69. The van der Waals surface area contributed by atoms with Gasteiger partial charge in [-0.25, -0.2) is 22.8 Å². The van der Waals surface area contributed by atoms with Gasteiger partial charge in [0.15, 0.2) is 5.82 Å². The average molecular weight is 483 g/mol. The van der Waals surface area contributed by atoms with E-state index in [4.69, 9.17) is 21.6 Å². The molecule has 0 saturated carbocycles. The summed E-state index contributed by atoms with van der Waals surface area (Å²) in [6.07, 6.45) is 0.